The maximum Gasteiger partial charge on any atom is 0.253 e. The first-order valence-electron chi connectivity index (χ1n) is 10.8. The number of rotatable bonds is 12. The van der Waals surface area contributed by atoms with E-state index < -0.39 is 0 Å². The zero-order valence-electron chi connectivity index (χ0n) is 18.2. The van der Waals surface area contributed by atoms with Crippen LogP contribution in [0.1, 0.15) is 74.6 Å². The smallest absolute Gasteiger partial charge is 0.253 e. The fraction of sp³-hybridized carbons (Fsp3) is 0.625. The van der Waals surface area contributed by atoms with Crippen molar-refractivity contribution in [1.82, 2.24) is 4.57 Å². The molecule has 3 heteroatoms. The number of hydrogen-bond donors (Lipinski definition) is 0. The molecule has 0 aliphatic carbocycles. The molecule has 1 aromatic heterocycles. The molecule has 27 heavy (non-hydrogen) atoms. The van der Waals surface area contributed by atoms with E-state index in [1.807, 2.05) is 0 Å². The molecular weight excluding hydrogens is 332 g/mol. The highest BCUT2D eigenvalue weighted by atomic mass is 16.5. The van der Waals surface area contributed by atoms with E-state index in [0.717, 1.165) is 18.7 Å². The van der Waals surface area contributed by atoms with Gasteiger partial charge in [0.05, 0.1) is 20.2 Å². The third-order valence-corrected chi connectivity index (χ3v) is 5.86. The van der Waals surface area contributed by atoms with Gasteiger partial charge in [-0.05, 0) is 49.8 Å². The fourth-order valence-electron chi connectivity index (χ4n) is 3.95. The molecule has 2 rings (SSSR count). The summed E-state index contributed by atoms with van der Waals surface area (Å²) in [6.07, 6.45) is 10.3. The molecule has 2 aromatic rings. The van der Waals surface area contributed by atoms with Crippen LogP contribution in [-0.4, -0.2) is 11.7 Å². The van der Waals surface area contributed by atoms with Gasteiger partial charge >= 0.3 is 0 Å². The number of aromatic nitrogens is 2. The Balaban J connectivity index is 1.83. The maximum absolute atomic E-state index is 5.23. The maximum atomic E-state index is 5.23. The Hall–Kier alpha value is -1.77. The summed E-state index contributed by atoms with van der Waals surface area (Å²) in [4.78, 5) is 0. The number of benzene rings is 1. The lowest BCUT2D eigenvalue weighted by Crippen LogP contribution is -2.38. The molecule has 1 heterocycles. The van der Waals surface area contributed by atoms with Crippen LogP contribution in [0.15, 0.2) is 24.3 Å². The quantitative estimate of drug-likeness (QED) is 0.345. The van der Waals surface area contributed by atoms with Gasteiger partial charge in [-0.15, -0.1) is 0 Å². The summed E-state index contributed by atoms with van der Waals surface area (Å²) >= 11 is 0. The van der Waals surface area contributed by atoms with Crippen molar-refractivity contribution in [1.29, 1.82) is 0 Å². The van der Waals surface area contributed by atoms with E-state index in [0.29, 0.717) is 0 Å². The third-order valence-electron chi connectivity index (χ3n) is 5.86. The highest BCUT2D eigenvalue weighted by Crippen LogP contribution is 2.15. The summed E-state index contributed by atoms with van der Waals surface area (Å²) in [5, 5.41) is 0. The molecule has 0 N–H and O–H groups in total. The summed E-state index contributed by atoms with van der Waals surface area (Å²) in [5.41, 5.74) is 4.28. The van der Waals surface area contributed by atoms with Crippen LogP contribution in [0.4, 0.5) is 0 Å². The van der Waals surface area contributed by atoms with Gasteiger partial charge in [0, 0.05) is 20.8 Å². The monoisotopic (exact) mass is 371 g/mol. The standard InChI is InChI=1S/C24H39N2O/c1-6-7-8-9-11-18-25-20(2)21(3)26(22(25)4)19-12-10-13-23-14-16-24(27-5)17-15-23/h14-17H,6-13,18-19H2,1-5H3/q+1. The lowest BCUT2D eigenvalue weighted by Gasteiger charge is -2.05. The van der Waals surface area contributed by atoms with Crippen LogP contribution in [0.5, 0.6) is 5.75 Å². The van der Waals surface area contributed by atoms with Gasteiger partial charge in [-0.1, -0.05) is 38.3 Å². The Morgan fingerprint density at radius 3 is 2.26 bits per heavy atom. The van der Waals surface area contributed by atoms with Crippen molar-refractivity contribution in [3.8, 4) is 5.75 Å². The molecule has 0 spiro atoms. The number of ether oxygens (including phenoxy) is 1. The molecule has 0 aliphatic rings. The normalized spacial score (nSPS) is 11.1. The number of unbranched alkanes of at least 4 members (excludes halogenated alkanes) is 5. The van der Waals surface area contributed by atoms with E-state index in [1.54, 1.807) is 7.11 Å². The topological polar surface area (TPSA) is 18.0 Å². The summed E-state index contributed by atoms with van der Waals surface area (Å²) in [7, 11) is 1.72. The molecule has 0 saturated heterocycles. The van der Waals surface area contributed by atoms with E-state index in [9.17, 15) is 0 Å². The van der Waals surface area contributed by atoms with Crippen molar-refractivity contribution in [3.63, 3.8) is 0 Å². The summed E-state index contributed by atoms with van der Waals surface area (Å²) in [5.74, 6) is 2.36. The highest BCUT2D eigenvalue weighted by Gasteiger charge is 2.21. The molecule has 0 amide bonds. The molecule has 0 radical (unpaired) electrons. The van der Waals surface area contributed by atoms with Crippen LogP contribution in [-0.2, 0) is 19.5 Å². The Labute approximate surface area is 166 Å². The molecule has 0 fully saturated rings. The van der Waals surface area contributed by atoms with Gasteiger partial charge in [-0.2, -0.15) is 0 Å². The van der Waals surface area contributed by atoms with Gasteiger partial charge in [-0.3, -0.25) is 0 Å². The Kier molecular flexibility index (Phi) is 8.90. The van der Waals surface area contributed by atoms with Crippen LogP contribution >= 0.6 is 0 Å². The van der Waals surface area contributed by atoms with Gasteiger partial charge in [0.25, 0.3) is 5.82 Å². The Morgan fingerprint density at radius 2 is 1.59 bits per heavy atom. The molecule has 150 valence electrons. The van der Waals surface area contributed by atoms with E-state index in [-0.39, 0.29) is 0 Å². The van der Waals surface area contributed by atoms with Crippen molar-refractivity contribution in [3.05, 3.63) is 47.0 Å². The second-order valence-electron chi connectivity index (χ2n) is 7.74. The SMILES string of the molecule is CCCCCCC[n+]1c(C)c(C)n(CCCCc2ccc(OC)cc2)c1C. The van der Waals surface area contributed by atoms with Gasteiger partial charge in [0.1, 0.15) is 17.1 Å². The second kappa shape index (κ2) is 11.2. The summed E-state index contributed by atoms with van der Waals surface area (Å²) < 4.78 is 10.3. The van der Waals surface area contributed by atoms with Crippen molar-refractivity contribution >= 4 is 0 Å². The van der Waals surface area contributed by atoms with Crippen molar-refractivity contribution in [2.45, 2.75) is 92.2 Å². The zero-order valence-corrected chi connectivity index (χ0v) is 18.2. The third kappa shape index (κ3) is 6.12. The molecule has 3 nitrogen and oxygen atoms in total. The van der Waals surface area contributed by atoms with Gasteiger partial charge in [-0.25, -0.2) is 9.13 Å². The summed E-state index contributed by atoms with van der Waals surface area (Å²) in [6.45, 7) is 11.4. The minimum absolute atomic E-state index is 0.937. The fourth-order valence-corrected chi connectivity index (χ4v) is 3.95. The predicted molar refractivity (Wildman–Crippen MR) is 114 cm³/mol. The zero-order chi connectivity index (χ0) is 19.6. The minimum atomic E-state index is 0.937. The number of nitrogens with zero attached hydrogens (tertiary/aromatic N) is 2. The second-order valence-corrected chi connectivity index (χ2v) is 7.74. The first kappa shape index (κ1) is 21.5. The van der Waals surface area contributed by atoms with Crippen molar-refractivity contribution in [2.75, 3.05) is 7.11 Å². The molecule has 0 saturated carbocycles. The molecule has 0 aliphatic heterocycles. The summed E-state index contributed by atoms with van der Waals surface area (Å²) in [6, 6.07) is 8.48. The first-order valence-corrected chi connectivity index (χ1v) is 10.8. The van der Waals surface area contributed by atoms with E-state index >= 15 is 0 Å². The van der Waals surface area contributed by atoms with Crippen LogP contribution in [0.25, 0.3) is 0 Å². The van der Waals surface area contributed by atoms with Crippen molar-refractivity contribution in [2.24, 2.45) is 0 Å². The highest BCUT2D eigenvalue weighted by molar-refractivity contribution is 5.27. The molecular formula is C24H39N2O+. The molecule has 1 aromatic carbocycles. The number of hydrogen-bond acceptors (Lipinski definition) is 1. The number of aryl methyl sites for hydroxylation is 1. The molecule has 0 bridgehead atoms. The van der Waals surface area contributed by atoms with Crippen LogP contribution in [0.3, 0.4) is 0 Å². The van der Waals surface area contributed by atoms with E-state index in [1.165, 1.54) is 74.3 Å². The van der Waals surface area contributed by atoms with E-state index in [4.69, 9.17) is 4.74 Å². The van der Waals surface area contributed by atoms with Crippen LogP contribution < -0.4 is 9.30 Å². The molecule has 0 atom stereocenters. The van der Waals surface area contributed by atoms with Gasteiger partial charge < -0.3 is 4.74 Å². The molecule has 0 unspecified atom stereocenters. The number of imidazole rings is 1. The lowest BCUT2D eigenvalue weighted by atomic mass is 10.1. The lowest BCUT2D eigenvalue weighted by molar-refractivity contribution is -0.708. The Bertz CT molecular complexity index is 685. The average molecular weight is 372 g/mol. The number of methoxy groups -OCH3 is 1. The van der Waals surface area contributed by atoms with Gasteiger partial charge in [0.2, 0.25) is 0 Å². The average Bonchev–Trinajstić information content (AvgIpc) is 2.89. The van der Waals surface area contributed by atoms with E-state index in [2.05, 4.69) is 61.1 Å². The van der Waals surface area contributed by atoms with Gasteiger partial charge in [0.15, 0.2) is 0 Å². The van der Waals surface area contributed by atoms with Crippen LogP contribution in [0.2, 0.25) is 0 Å². The minimum Gasteiger partial charge on any atom is -0.497 e. The van der Waals surface area contributed by atoms with Crippen molar-refractivity contribution < 1.29 is 9.30 Å². The predicted octanol–water partition coefficient (Wildman–Crippen LogP) is 5.70. The largest absolute Gasteiger partial charge is 0.497 e. The first-order chi connectivity index (χ1) is 13.1. The Morgan fingerprint density at radius 1 is 0.889 bits per heavy atom. The van der Waals surface area contributed by atoms with Crippen LogP contribution in [0, 0.1) is 20.8 Å².